The lowest BCUT2D eigenvalue weighted by molar-refractivity contribution is 0.0729. The van der Waals surface area contributed by atoms with Gasteiger partial charge in [0.15, 0.2) is 11.5 Å². The summed E-state index contributed by atoms with van der Waals surface area (Å²) in [4.78, 5) is 30.6. The van der Waals surface area contributed by atoms with Crippen molar-refractivity contribution in [2.75, 3.05) is 7.11 Å². The number of amides is 1. The molecule has 204 valence electrons. The van der Waals surface area contributed by atoms with E-state index in [-0.39, 0.29) is 22.2 Å². The standard InChI is InChI=1S/C32H23BrClN3O4/c1-19-7-13-27-24(15-19)25(17-28(36-27)21-9-11-22(33)12-10-21)31(38)37-35-18-20-8-14-29(30(16-20)40-2)41-32(39)23-5-3-4-6-26(23)34/h3-18H,1-2H3,(H,37,38). The van der Waals surface area contributed by atoms with Gasteiger partial charge in [0.1, 0.15) is 0 Å². The molecule has 1 heterocycles. The van der Waals surface area contributed by atoms with E-state index >= 15 is 0 Å². The second-order valence-electron chi connectivity index (χ2n) is 9.06. The molecule has 0 saturated heterocycles. The molecule has 41 heavy (non-hydrogen) atoms. The highest BCUT2D eigenvalue weighted by Gasteiger charge is 2.16. The molecule has 0 atom stereocenters. The first-order valence-electron chi connectivity index (χ1n) is 12.5. The third-order valence-corrected chi connectivity index (χ3v) is 7.07. The molecule has 0 fully saturated rings. The number of benzene rings is 4. The topological polar surface area (TPSA) is 89.9 Å². The number of fused-ring (bicyclic) bond motifs is 1. The van der Waals surface area contributed by atoms with Crippen LogP contribution in [0.3, 0.4) is 0 Å². The molecule has 0 radical (unpaired) electrons. The Balaban J connectivity index is 1.36. The van der Waals surface area contributed by atoms with E-state index in [1.165, 1.54) is 13.3 Å². The molecule has 0 saturated carbocycles. The zero-order valence-corrected chi connectivity index (χ0v) is 24.4. The van der Waals surface area contributed by atoms with Gasteiger partial charge >= 0.3 is 5.97 Å². The van der Waals surface area contributed by atoms with E-state index in [4.69, 9.17) is 26.1 Å². The molecule has 4 aromatic carbocycles. The average Bonchev–Trinajstić information content (AvgIpc) is 2.97. The van der Waals surface area contributed by atoms with Gasteiger partial charge in [-0.15, -0.1) is 0 Å². The van der Waals surface area contributed by atoms with Crippen LogP contribution in [0, 0.1) is 6.92 Å². The van der Waals surface area contributed by atoms with Crippen LogP contribution < -0.4 is 14.9 Å². The zero-order valence-electron chi connectivity index (χ0n) is 22.0. The molecule has 0 aliphatic carbocycles. The number of esters is 1. The molecule has 7 nitrogen and oxygen atoms in total. The Kier molecular flexibility index (Phi) is 8.42. The van der Waals surface area contributed by atoms with Crippen LogP contribution in [-0.2, 0) is 0 Å². The lowest BCUT2D eigenvalue weighted by atomic mass is 10.0. The van der Waals surface area contributed by atoms with Gasteiger partial charge in [0.25, 0.3) is 5.91 Å². The number of nitrogens with one attached hydrogen (secondary N) is 1. The Morgan fingerprint density at radius 1 is 0.927 bits per heavy atom. The fourth-order valence-electron chi connectivity index (χ4n) is 4.15. The van der Waals surface area contributed by atoms with Gasteiger partial charge in [0, 0.05) is 15.4 Å². The van der Waals surface area contributed by atoms with Gasteiger partial charge in [-0.25, -0.2) is 15.2 Å². The monoisotopic (exact) mass is 627 g/mol. The summed E-state index contributed by atoms with van der Waals surface area (Å²) in [7, 11) is 1.46. The summed E-state index contributed by atoms with van der Waals surface area (Å²) >= 11 is 9.56. The first kappa shape index (κ1) is 28.0. The Hall–Kier alpha value is -4.53. The number of carbonyl (C=O) groups is 2. The highest BCUT2D eigenvalue weighted by molar-refractivity contribution is 9.10. The largest absolute Gasteiger partial charge is 0.493 e. The summed E-state index contributed by atoms with van der Waals surface area (Å²) in [5, 5.41) is 5.17. The second kappa shape index (κ2) is 12.3. The van der Waals surface area contributed by atoms with Crippen LogP contribution in [0.25, 0.3) is 22.2 Å². The van der Waals surface area contributed by atoms with Crippen molar-refractivity contribution in [1.82, 2.24) is 10.4 Å². The molecule has 0 aliphatic heterocycles. The van der Waals surface area contributed by atoms with Crippen molar-refractivity contribution in [2.45, 2.75) is 6.92 Å². The number of methoxy groups -OCH3 is 1. The number of carbonyl (C=O) groups excluding carboxylic acids is 2. The summed E-state index contributed by atoms with van der Waals surface area (Å²) < 4.78 is 11.8. The third-order valence-electron chi connectivity index (χ3n) is 6.21. The van der Waals surface area contributed by atoms with Gasteiger partial charge in [-0.1, -0.05) is 63.4 Å². The number of halogens is 2. The minimum atomic E-state index is -0.607. The molecule has 1 amide bonds. The number of hydrogen-bond acceptors (Lipinski definition) is 6. The average molecular weight is 629 g/mol. The first-order chi connectivity index (χ1) is 19.8. The fraction of sp³-hybridized carbons (Fsp3) is 0.0625. The maximum Gasteiger partial charge on any atom is 0.345 e. The van der Waals surface area contributed by atoms with E-state index in [0.717, 1.165) is 21.0 Å². The molecule has 5 rings (SSSR count). The van der Waals surface area contributed by atoms with E-state index in [2.05, 4.69) is 26.5 Å². The van der Waals surface area contributed by atoms with Gasteiger partial charge in [-0.3, -0.25) is 4.79 Å². The molecule has 9 heteroatoms. The van der Waals surface area contributed by atoms with Crippen LogP contribution in [0.5, 0.6) is 11.5 Å². The van der Waals surface area contributed by atoms with Crippen LogP contribution >= 0.6 is 27.5 Å². The van der Waals surface area contributed by atoms with Crippen molar-refractivity contribution in [3.05, 3.63) is 123 Å². The summed E-state index contributed by atoms with van der Waals surface area (Å²) in [6.07, 6.45) is 1.48. The first-order valence-corrected chi connectivity index (χ1v) is 13.6. The number of ether oxygens (including phenoxy) is 2. The number of aromatic nitrogens is 1. The van der Waals surface area contributed by atoms with Crippen LogP contribution in [0.2, 0.25) is 5.02 Å². The maximum atomic E-state index is 13.3. The number of aryl methyl sites for hydroxylation is 1. The number of rotatable bonds is 7. The second-order valence-corrected chi connectivity index (χ2v) is 10.4. The van der Waals surface area contributed by atoms with Crippen molar-refractivity contribution in [2.24, 2.45) is 5.10 Å². The van der Waals surface area contributed by atoms with Crippen LogP contribution in [0.15, 0.2) is 101 Å². The SMILES string of the molecule is COc1cc(C=NNC(=O)c2cc(-c3ccc(Br)cc3)nc3ccc(C)cc23)ccc1OC(=O)c1ccccc1Cl. The normalized spacial score (nSPS) is 11.0. The molecule has 0 unspecified atom stereocenters. The Morgan fingerprint density at radius 2 is 1.71 bits per heavy atom. The van der Waals surface area contributed by atoms with Crippen LogP contribution in [-0.4, -0.2) is 30.2 Å². The number of nitrogens with zero attached hydrogens (tertiary/aromatic N) is 2. The van der Waals surface area contributed by atoms with E-state index in [1.807, 2.05) is 49.4 Å². The highest BCUT2D eigenvalue weighted by atomic mass is 79.9. The van der Waals surface area contributed by atoms with E-state index in [9.17, 15) is 9.59 Å². The van der Waals surface area contributed by atoms with Crippen molar-refractivity contribution >= 4 is 56.5 Å². The summed E-state index contributed by atoms with van der Waals surface area (Å²) in [6.45, 7) is 1.96. The van der Waals surface area contributed by atoms with Crippen molar-refractivity contribution < 1.29 is 19.1 Å². The van der Waals surface area contributed by atoms with Crippen LogP contribution in [0.4, 0.5) is 0 Å². The lowest BCUT2D eigenvalue weighted by Crippen LogP contribution is -2.18. The minimum absolute atomic E-state index is 0.220. The molecule has 0 aliphatic rings. The molecular weight excluding hydrogens is 606 g/mol. The Morgan fingerprint density at radius 3 is 2.46 bits per heavy atom. The van der Waals surface area contributed by atoms with Gasteiger partial charge in [0.2, 0.25) is 0 Å². The quantitative estimate of drug-likeness (QED) is 0.0867. The van der Waals surface area contributed by atoms with E-state index in [1.54, 1.807) is 48.5 Å². The van der Waals surface area contributed by atoms with E-state index in [0.29, 0.717) is 28.1 Å². The number of hydrogen-bond donors (Lipinski definition) is 1. The highest BCUT2D eigenvalue weighted by Crippen LogP contribution is 2.30. The Labute approximate surface area is 249 Å². The third kappa shape index (κ3) is 6.45. The van der Waals surface area contributed by atoms with Crippen molar-refractivity contribution in [3.8, 4) is 22.8 Å². The van der Waals surface area contributed by atoms with Gasteiger partial charge < -0.3 is 9.47 Å². The van der Waals surface area contributed by atoms with E-state index < -0.39 is 5.97 Å². The minimum Gasteiger partial charge on any atom is -0.493 e. The fourth-order valence-corrected chi connectivity index (χ4v) is 4.63. The van der Waals surface area contributed by atoms with Crippen molar-refractivity contribution in [3.63, 3.8) is 0 Å². The lowest BCUT2D eigenvalue weighted by Gasteiger charge is -2.11. The molecule has 1 aromatic heterocycles. The molecule has 5 aromatic rings. The summed E-state index contributed by atoms with van der Waals surface area (Å²) in [5.74, 6) is -0.451. The summed E-state index contributed by atoms with van der Waals surface area (Å²) in [5.41, 5.74) is 7.20. The van der Waals surface area contributed by atoms with Gasteiger partial charge in [-0.2, -0.15) is 5.10 Å². The molecule has 1 N–H and O–H groups in total. The molecular formula is C32H23BrClN3O4. The molecule has 0 bridgehead atoms. The van der Waals surface area contributed by atoms with Crippen LogP contribution in [0.1, 0.15) is 31.8 Å². The zero-order chi connectivity index (χ0) is 28.9. The Bertz CT molecular complexity index is 1810. The van der Waals surface area contributed by atoms with Gasteiger partial charge in [-0.05, 0) is 73.2 Å². The molecule has 0 spiro atoms. The number of pyridine rings is 1. The van der Waals surface area contributed by atoms with Gasteiger partial charge in [0.05, 0.1) is 40.7 Å². The predicted octanol–water partition coefficient (Wildman–Crippen LogP) is 7.62. The smallest absolute Gasteiger partial charge is 0.345 e. The number of hydrazone groups is 1. The predicted molar refractivity (Wildman–Crippen MR) is 164 cm³/mol. The summed E-state index contributed by atoms with van der Waals surface area (Å²) in [6, 6.07) is 26.8. The maximum absolute atomic E-state index is 13.3. The van der Waals surface area contributed by atoms with Crippen molar-refractivity contribution in [1.29, 1.82) is 0 Å².